The van der Waals surface area contributed by atoms with Gasteiger partial charge in [0.15, 0.2) is 5.75 Å². The normalized spacial score (nSPS) is 11.6. The molecule has 11 nitrogen and oxygen atoms in total. The summed E-state index contributed by atoms with van der Waals surface area (Å²) in [7, 11) is -3.66. The number of sulfonamides is 1. The van der Waals surface area contributed by atoms with E-state index in [1.54, 1.807) is 51.1 Å². The minimum Gasteiger partial charge on any atom is -0.462 e. The number of carbonyl (C=O) groups is 2. The third-order valence-electron chi connectivity index (χ3n) is 4.66. The Morgan fingerprint density at radius 1 is 1.05 bits per heavy atom. The average molecular weight is 532 g/mol. The van der Waals surface area contributed by atoms with Gasteiger partial charge in [0.1, 0.15) is 28.9 Å². The van der Waals surface area contributed by atoms with Gasteiger partial charge in [-0.25, -0.2) is 13.2 Å². The number of anilines is 2. The Bertz CT molecular complexity index is 1440. The number of ether oxygens (including phenoxy) is 2. The predicted molar refractivity (Wildman–Crippen MR) is 140 cm³/mol. The molecule has 0 fully saturated rings. The lowest BCUT2D eigenvalue weighted by Crippen LogP contribution is -2.33. The van der Waals surface area contributed by atoms with Gasteiger partial charge in [0.25, 0.3) is 0 Å². The van der Waals surface area contributed by atoms with E-state index in [-0.39, 0.29) is 41.1 Å². The van der Waals surface area contributed by atoms with E-state index < -0.39 is 33.1 Å². The van der Waals surface area contributed by atoms with Crippen molar-refractivity contribution in [2.45, 2.75) is 39.2 Å². The standard InChI is InChI=1S/C25H29N3O8S/c1-25(2,3)36-24(31)26-12-8-11-22(29)27-19-15-34-20-14-18(28-37(4,32)33)21(13-17(20)23(19)30)35-16-9-6-5-7-10-16/h5-7,9-10,13-15,28H,8,11-12H2,1-4H3,(H,26,31)(H,27,29). The molecule has 12 heteroatoms. The van der Waals surface area contributed by atoms with Crippen molar-refractivity contribution >= 4 is 44.4 Å². The third-order valence-corrected chi connectivity index (χ3v) is 5.25. The lowest BCUT2D eigenvalue weighted by atomic mass is 10.2. The van der Waals surface area contributed by atoms with E-state index in [9.17, 15) is 22.8 Å². The monoisotopic (exact) mass is 531 g/mol. The second-order valence-electron chi connectivity index (χ2n) is 9.19. The maximum absolute atomic E-state index is 13.1. The molecule has 0 saturated heterocycles. The van der Waals surface area contributed by atoms with E-state index in [0.717, 1.165) is 12.5 Å². The van der Waals surface area contributed by atoms with Gasteiger partial charge < -0.3 is 24.5 Å². The average Bonchev–Trinajstić information content (AvgIpc) is 2.78. The number of nitrogens with one attached hydrogen (secondary N) is 3. The molecule has 3 aromatic rings. The van der Waals surface area contributed by atoms with Crippen LogP contribution in [0, 0.1) is 0 Å². The van der Waals surface area contributed by atoms with Crippen LogP contribution < -0.4 is 25.5 Å². The molecule has 0 aliphatic rings. The summed E-state index contributed by atoms with van der Waals surface area (Å²) in [5.41, 5.74) is -1.08. The predicted octanol–water partition coefficient (Wildman–Crippen LogP) is 4.20. The van der Waals surface area contributed by atoms with Gasteiger partial charge in [0.2, 0.25) is 21.4 Å². The largest absolute Gasteiger partial charge is 0.462 e. The topological polar surface area (TPSA) is 153 Å². The Hall–Kier alpha value is -4.06. The molecule has 0 bridgehead atoms. The van der Waals surface area contributed by atoms with Crippen LogP contribution in [0.2, 0.25) is 0 Å². The Kier molecular flexibility index (Phi) is 8.43. The van der Waals surface area contributed by atoms with Gasteiger partial charge in [-0.3, -0.25) is 14.3 Å². The molecule has 1 aromatic heterocycles. The molecule has 0 spiro atoms. The number of benzene rings is 2. The van der Waals surface area contributed by atoms with Crippen LogP contribution in [0.15, 0.2) is 57.9 Å². The quantitative estimate of drug-likeness (QED) is 0.347. The van der Waals surface area contributed by atoms with Crippen molar-refractivity contribution in [3.05, 3.63) is 59.0 Å². The number of amides is 2. The number of carbonyl (C=O) groups excluding carboxylic acids is 2. The summed E-state index contributed by atoms with van der Waals surface area (Å²) in [6.45, 7) is 5.45. The first-order chi connectivity index (χ1) is 17.3. The molecule has 3 rings (SSSR count). The van der Waals surface area contributed by atoms with Crippen molar-refractivity contribution in [2.24, 2.45) is 0 Å². The SMILES string of the molecule is CC(C)(C)OC(=O)NCCCC(=O)Nc1coc2cc(NS(C)(=O)=O)c(Oc3ccccc3)cc2c1=O. The molecule has 1 heterocycles. The molecular weight excluding hydrogens is 502 g/mol. The number of hydrogen-bond donors (Lipinski definition) is 3. The van der Waals surface area contributed by atoms with Crippen molar-refractivity contribution in [3.63, 3.8) is 0 Å². The molecule has 0 aliphatic heterocycles. The number of rotatable bonds is 9. The first-order valence-corrected chi connectivity index (χ1v) is 13.3. The summed E-state index contributed by atoms with van der Waals surface area (Å²) >= 11 is 0. The van der Waals surface area contributed by atoms with E-state index in [1.807, 2.05) is 0 Å². The summed E-state index contributed by atoms with van der Waals surface area (Å²) in [6.07, 6.45) is 1.85. The molecule has 0 aliphatic carbocycles. The Balaban J connectivity index is 1.76. The van der Waals surface area contributed by atoms with Crippen LogP contribution in [-0.4, -0.2) is 38.8 Å². The van der Waals surface area contributed by atoms with Crippen LogP contribution >= 0.6 is 0 Å². The van der Waals surface area contributed by atoms with Crippen LogP contribution in [0.1, 0.15) is 33.6 Å². The highest BCUT2D eigenvalue weighted by molar-refractivity contribution is 7.92. The van der Waals surface area contributed by atoms with Gasteiger partial charge in [0.05, 0.1) is 17.3 Å². The summed E-state index contributed by atoms with van der Waals surface area (Å²) in [5.74, 6) is 0.0501. The van der Waals surface area contributed by atoms with E-state index in [0.29, 0.717) is 12.2 Å². The fraction of sp³-hybridized carbons (Fsp3) is 0.320. The molecule has 0 saturated carbocycles. The second-order valence-corrected chi connectivity index (χ2v) is 10.9. The van der Waals surface area contributed by atoms with Crippen molar-refractivity contribution in [1.82, 2.24) is 5.32 Å². The maximum Gasteiger partial charge on any atom is 0.407 e. The van der Waals surface area contributed by atoms with Crippen LogP contribution in [0.4, 0.5) is 16.2 Å². The smallest absolute Gasteiger partial charge is 0.407 e. The van der Waals surface area contributed by atoms with Crippen LogP contribution in [0.25, 0.3) is 11.0 Å². The molecule has 2 aromatic carbocycles. The lowest BCUT2D eigenvalue weighted by molar-refractivity contribution is -0.116. The molecule has 198 valence electrons. The van der Waals surface area contributed by atoms with Gasteiger partial charge in [-0.05, 0) is 45.4 Å². The zero-order chi connectivity index (χ0) is 27.2. The van der Waals surface area contributed by atoms with Crippen molar-refractivity contribution < 1.29 is 31.9 Å². The van der Waals surface area contributed by atoms with E-state index in [1.165, 1.54) is 12.1 Å². The number of hydrogen-bond acceptors (Lipinski definition) is 8. The molecule has 0 unspecified atom stereocenters. The minimum absolute atomic E-state index is 0.0346. The highest BCUT2D eigenvalue weighted by atomic mass is 32.2. The summed E-state index contributed by atoms with van der Waals surface area (Å²) in [6, 6.07) is 11.3. The first kappa shape index (κ1) is 27.5. The maximum atomic E-state index is 13.1. The highest BCUT2D eigenvalue weighted by Gasteiger charge is 2.18. The fourth-order valence-corrected chi connectivity index (χ4v) is 3.75. The Morgan fingerprint density at radius 2 is 1.76 bits per heavy atom. The molecular formula is C25H29N3O8S. The van der Waals surface area contributed by atoms with Gasteiger partial charge in [0, 0.05) is 19.0 Å². The summed E-state index contributed by atoms with van der Waals surface area (Å²) in [5, 5.41) is 5.14. The second kappa shape index (κ2) is 11.3. The van der Waals surface area contributed by atoms with Crippen molar-refractivity contribution in [3.8, 4) is 11.5 Å². The van der Waals surface area contributed by atoms with Crippen LogP contribution in [0.5, 0.6) is 11.5 Å². The molecule has 3 N–H and O–H groups in total. The van der Waals surface area contributed by atoms with Gasteiger partial charge >= 0.3 is 6.09 Å². The minimum atomic E-state index is -3.66. The van der Waals surface area contributed by atoms with Crippen molar-refractivity contribution in [1.29, 1.82) is 0 Å². The number of para-hydroxylation sites is 1. The Labute approximate surface area is 214 Å². The van der Waals surface area contributed by atoms with Crippen molar-refractivity contribution in [2.75, 3.05) is 22.8 Å². The zero-order valence-electron chi connectivity index (χ0n) is 20.9. The van der Waals surface area contributed by atoms with Gasteiger partial charge in [-0.15, -0.1) is 0 Å². The zero-order valence-corrected chi connectivity index (χ0v) is 21.7. The lowest BCUT2D eigenvalue weighted by Gasteiger charge is -2.19. The van der Waals surface area contributed by atoms with Gasteiger partial charge in [-0.1, -0.05) is 18.2 Å². The molecule has 0 radical (unpaired) electrons. The van der Waals surface area contributed by atoms with E-state index in [2.05, 4.69) is 15.4 Å². The molecule has 0 atom stereocenters. The van der Waals surface area contributed by atoms with E-state index >= 15 is 0 Å². The number of fused-ring (bicyclic) bond motifs is 1. The summed E-state index contributed by atoms with van der Waals surface area (Å²) in [4.78, 5) is 37.1. The summed E-state index contributed by atoms with van der Waals surface area (Å²) < 4.78 is 42.5. The van der Waals surface area contributed by atoms with E-state index in [4.69, 9.17) is 13.9 Å². The number of alkyl carbamates (subject to hydrolysis) is 1. The highest BCUT2D eigenvalue weighted by Crippen LogP contribution is 2.34. The fourth-order valence-electron chi connectivity index (χ4n) is 3.19. The molecule has 37 heavy (non-hydrogen) atoms. The van der Waals surface area contributed by atoms with Crippen LogP contribution in [-0.2, 0) is 19.6 Å². The molecule has 2 amide bonds. The first-order valence-electron chi connectivity index (χ1n) is 11.4. The Morgan fingerprint density at radius 3 is 2.41 bits per heavy atom. The third kappa shape index (κ3) is 8.53. The van der Waals surface area contributed by atoms with Gasteiger partial charge in [-0.2, -0.15) is 0 Å². The van der Waals surface area contributed by atoms with Crippen LogP contribution in [0.3, 0.4) is 0 Å².